The van der Waals surface area contributed by atoms with Crippen molar-refractivity contribution in [2.24, 2.45) is 35.5 Å². The van der Waals surface area contributed by atoms with Crippen molar-refractivity contribution in [3.8, 4) is 17.6 Å². The van der Waals surface area contributed by atoms with Gasteiger partial charge in [-0.15, -0.1) is 0 Å². The molecule has 1 aliphatic carbocycles. The zero-order valence-corrected chi connectivity index (χ0v) is 35.5. The minimum atomic E-state index is -1.16. The van der Waals surface area contributed by atoms with Crippen molar-refractivity contribution in [3.63, 3.8) is 0 Å². The van der Waals surface area contributed by atoms with Crippen LogP contribution in [0.5, 0.6) is 5.75 Å². The van der Waals surface area contributed by atoms with Crippen molar-refractivity contribution in [1.29, 1.82) is 0 Å². The van der Waals surface area contributed by atoms with Crippen LogP contribution in [0.1, 0.15) is 51.9 Å². The van der Waals surface area contributed by atoms with Gasteiger partial charge in [0.1, 0.15) is 35.1 Å². The molecule has 5 heterocycles. The second-order valence-electron chi connectivity index (χ2n) is 16.5. The number of fused-ring (bicyclic) bond motifs is 6. The number of morpholine rings is 1. The first-order valence-corrected chi connectivity index (χ1v) is 20.8. The highest BCUT2D eigenvalue weighted by molar-refractivity contribution is 6.18. The number of aliphatic hydroxyl groups is 2. The molecule has 1 aromatic carbocycles. The van der Waals surface area contributed by atoms with Crippen molar-refractivity contribution in [3.05, 3.63) is 70.5 Å². The van der Waals surface area contributed by atoms with E-state index in [2.05, 4.69) is 22.6 Å². The molecule has 2 aromatic heterocycles. The van der Waals surface area contributed by atoms with Crippen molar-refractivity contribution < 1.29 is 48.7 Å². The number of hydrogen-bond acceptors (Lipinski definition) is 13. The summed E-state index contributed by atoms with van der Waals surface area (Å²) >= 11 is 0. The molecule has 324 valence electrons. The van der Waals surface area contributed by atoms with Crippen molar-refractivity contribution >= 4 is 51.8 Å². The van der Waals surface area contributed by atoms with Crippen LogP contribution >= 0.6 is 0 Å². The molecule has 0 saturated carbocycles. The van der Waals surface area contributed by atoms with Crippen LogP contribution in [0.15, 0.2) is 54.5 Å². The number of Topliss-reactive ketones (excluding diaryl/α,β-unsaturated/α-hetero) is 1. The molecular weight excluding hydrogens is 783 g/mol. The van der Waals surface area contributed by atoms with Gasteiger partial charge >= 0.3 is 5.97 Å². The van der Waals surface area contributed by atoms with E-state index < -0.39 is 83.3 Å². The van der Waals surface area contributed by atoms with E-state index in [4.69, 9.17) is 23.9 Å². The highest BCUT2D eigenvalue weighted by Crippen LogP contribution is 2.42. The van der Waals surface area contributed by atoms with E-state index in [1.54, 1.807) is 62.6 Å². The fraction of sp³-hybridized carbons (Fsp3) is 0.478. The summed E-state index contributed by atoms with van der Waals surface area (Å²) in [5.74, 6) is -0.237. The van der Waals surface area contributed by atoms with Gasteiger partial charge in [0.25, 0.3) is 5.91 Å². The lowest BCUT2D eigenvalue weighted by molar-refractivity contribution is -0.165. The number of anilines is 1. The second-order valence-corrected chi connectivity index (χ2v) is 16.5. The molecule has 1 saturated heterocycles. The lowest BCUT2D eigenvalue weighted by Gasteiger charge is -2.42. The summed E-state index contributed by atoms with van der Waals surface area (Å²) in [6.45, 7) is 12.7. The molecule has 0 radical (unpaired) electrons. The van der Waals surface area contributed by atoms with Gasteiger partial charge in [0, 0.05) is 79.9 Å². The number of methoxy groups -OCH3 is 1. The molecule has 3 aliphatic heterocycles. The number of ether oxygens (including phenoxy) is 4. The van der Waals surface area contributed by atoms with Crippen LogP contribution in [0.4, 0.5) is 5.69 Å². The number of esters is 1. The monoisotopic (exact) mass is 837 g/mol. The van der Waals surface area contributed by atoms with Gasteiger partial charge in [0.15, 0.2) is 5.75 Å². The first kappa shape index (κ1) is 43.6. The minimum Gasteiger partial charge on any atom is -0.505 e. The first-order chi connectivity index (χ1) is 29.2. The summed E-state index contributed by atoms with van der Waals surface area (Å²) in [5.41, 5.74) is 5.07. The number of aromatic hydroxyl groups is 1. The number of allylic oxidation sites excluding steroid dienone is 2. The summed E-state index contributed by atoms with van der Waals surface area (Å²) in [6, 6.07) is 3.72. The van der Waals surface area contributed by atoms with Crippen molar-refractivity contribution in [2.45, 2.75) is 66.0 Å². The Bertz CT molecular complexity index is 2490. The Labute approximate surface area is 354 Å². The molecule has 15 heteroatoms. The largest absolute Gasteiger partial charge is 0.505 e. The van der Waals surface area contributed by atoms with E-state index >= 15 is 0 Å². The molecule has 1 fully saturated rings. The number of ketones is 1. The lowest BCUT2D eigenvalue weighted by Crippen LogP contribution is -2.50. The SMILES string of the molecule is CO[C@H]1/C=C/OCC2=c3c4c(O)c(c5c3nc3cc(=CNN6CCOCC6)ccn35)NC(=O)/C(C)=C\C=C\[C@H](C)[C@H](O)[C@@H](C)[C@@H](O)[C@@H](C)[C@H](OC(C)=O)[C@H]1C(C)C2C#CC4=O. The molecule has 1 amide bonds. The highest BCUT2D eigenvalue weighted by Gasteiger charge is 2.46. The number of pyridine rings is 1. The average Bonchev–Trinajstić information content (AvgIpc) is 3.58. The van der Waals surface area contributed by atoms with Crippen LogP contribution in [-0.4, -0.2) is 112 Å². The van der Waals surface area contributed by atoms with E-state index in [0.717, 1.165) is 5.22 Å². The number of hydrazine groups is 1. The van der Waals surface area contributed by atoms with E-state index in [9.17, 15) is 29.7 Å². The van der Waals surface area contributed by atoms with Gasteiger partial charge in [0.05, 0.1) is 43.4 Å². The van der Waals surface area contributed by atoms with Gasteiger partial charge in [-0.2, -0.15) is 0 Å². The summed E-state index contributed by atoms with van der Waals surface area (Å²) in [6.07, 6.45) is 7.93. The number of benzene rings is 1. The van der Waals surface area contributed by atoms with Gasteiger partial charge in [-0.1, -0.05) is 51.8 Å². The van der Waals surface area contributed by atoms with E-state index in [1.165, 1.54) is 20.3 Å². The Morgan fingerprint density at radius 2 is 1.84 bits per heavy atom. The Morgan fingerprint density at radius 3 is 2.56 bits per heavy atom. The van der Waals surface area contributed by atoms with Gasteiger partial charge in [-0.3, -0.25) is 18.8 Å². The maximum atomic E-state index is 14.4. The number of aromatic nitrogens is 2. The number of imidazole rings is 1. The Kier molecular flexibility index (Phi) is 13.0. The van der Waals surface area contributed by atoms with Crippen LogP contribution in [0, 0.1) is 47.3 Å². The number of phenols is 1. The van der Waals surface area contributed by atoms with E-state index in [1.807, 2.05) is 30.3 Å². The molecule has 61 heavy (non-hydrogen) atoms. The third-order valence-electron chi connectivity index (χ3n) is 12.6. The van der Waals surface area contributed by atoms with E-state index in [0.29, 0.717) is 53.8 Å². The number of phenolic OH excluding ortho intramolecular Hbond substituents is 1. The topological polar surface area (TPSA) is 193 Å². The first-order valence-electron chi connectivity index (χ1n) is 20.8. The number of hydrogen-bond donors (Lipinski definition) is 5. The number of rotatable bonds is 4. The smallest absolute Gasteiger partial charge is 0.302 e. The van der Waals surface area contributed by atoms with Crippen LogP contribution in [-0.2, 0) is 28.5 Å². The number of nitrogens with zero attached hydrogens (tertiary/aromatic N) is 3. The predicted molar refractivity (Wildman–Crippen MR) is 228 cm³/mol. The number of carbonyl (C=O) groups excluding carboxylic acids is 3. The van der Waals surface area contributed by atoms with Crippen LogP contribution < -0.4 is 21.2 Å². The third-order valence-corrected chi connectivity index (χ3v) is 12.6. The molecular formula is C46H55N5O10. The second kappa shape index (κ2) is 18.2. The Balaban J connectivity index is 1.54. The maximum Gasteiger partial charge on any atom is 0.302 e. The molecule has 4 aliphatic rings. The van der Waals surface area contributed by atoms with Crippen molar-refractivity contribution in [1.82, 2.24) is 19.8 Å². The normalized spacial score (nSPS) is 32.4. The average molecular weight is 838 g/mol. The fourth-order valence-electron chi connectivity index (χ4n) is 9.11. The predicted octanol–water partition coefficient (Wildman–Crippen LogP) is 2.56. The molecule has 6 bridgehead atoms. The fourth-order valence-corrected chi connectivity index (χ4v) is 9.11. The van der Waals surface area contributed by atoms with Crippen LogP contribution in [0.25, 0.3) is 28.5 Å². The van der Waals surface area contributed by atoms with Crippen LogP contribution in [0.2, 0.25) is 0 Å². The number of amides is 1. The van der Waals surface area contributed by atoms with E-state index in [-0.39, 0.29) is 23.4 Å². The molecule has 5 N–H and O–H groups in total. The van der Waals surface area contributed by atoms with Gasteiger partial charge < -0.3 is 45.0 Å². The zero-order chi connectivity index (χ0) is 43.7. The Morgan fingerprint density at radius 1 is 1.08 bits per heavy atom. The number of carbonyl (C=O) groups is 3. The summed E-state index contributed by atoms with van der Waals surface area (Å²) < 4.78 is 25.6. The number of nitrogens with one attached hydrogen (secondary N) is 2. The van der Waals surface area contributed by atoms with Crippen molar-refractivity contribution in [2.75, 3.05) is 45.3 Å². The molecule has 2 unspecified atom stereocenters. The summed E-state index contributed by atoms with van der Waals surface area (Å²) in [5, 5.41) is 41.8. The van der Waals surface area contributed by atoms with Gasteiger partial charge in [0.2, 0.25) is 5.78 Å². The summed E-state index contributed by atoms with van der Waals surface area (Å²) in [7, 11) is 1.53. The minimum absolute atomic E-state index is 0.0284. The molecule has 10 atom stereocenters. The quantitative estimate of drug-likeness (QED) is 0.112. The highest BCUT2D eigenvalue weighted by atomic mass is 16.5. The lowest BCUT2D eigenvalue weighted by atomic mass is 9.69. The standard InChI is InChI=1S/C46H55N5O10/c1-24-9-8-10-25(2)46(57)49-40-41-39(48-35-21-30(13-15-51(35)41)22-47-50-16-19-59-20-17-50)37-32-23-60-18-14-34(58-7)36(26(3)31(32)11-12-33(53)38(37)44(40)56)45(61-29(6)52)28(5)43(55)27(4)42(24)54/h8-10,13-15,18,21-22,24,26-28,31,34,36,42-43,45,47,54-56H,16-17,19-20,23H2,1-7H3,(H,49,57)/b9-8+,18-14+,25-10-,30-22?/t24-,26?,27+,28+,31?,34-,36-,42-,43+,45-/m0/s1. The molecule has 0 spiro atoms. The maximum absolute atomic E-state index is 14.4. The summed E-state index contributed by atoms with van der Waals surface area (Å²) in [4.78, 5) is 46.4. The van der Waals surface area contributed by atoms with Gasteiger partial charge in [-0.25, -0.2) is 9.99 Å². The third kappa shape index (κ3) is 8.56. The number of aliphatic hydroxyl groups excluding tert-OH is 2. The van der Waals surface area contributed by atoms with Crippen LogP contribution in [0.3, 0.4) is 0 Å². The Hall–Kier alpha value is -5.50. The molecule has 3 aromatic rings. The zero-order valence-electron chi connectivity index (χ0n) is 35.5. The molecule has 7 rings (SSSR count). The molecule has 15 nitrogen and oxygen atoms in total. The van der Waals surface area contributed by atoms with Gasteiger partial charge in [-0.05, 0) is 47.8 Å².